The average molecular weight is 382 g/mol. The molecule has 27 heavy (non-hydrogen) atoms. The molecule has 0 spiro atoms. The molecule has 6 heteroatoms. The van der Waals surface area contributed by atoms with Crippen LogP contribution in [0.4, 0.5) is 0 Å². The smallest absolute Gasteiger partial charge is 0.311 e. The summed E-state index contributed by atoms with van der Waals surface area (Å²) in [6, 6.07) is 0.357. The first-order valence-corrected chi connectivity index (χ1v) is 10.6. The molecule has 0 aromatic heterocycles. The molecule has 3 rings (SSSR count). The number of ether oxygens (including phenoxy) is 3. The Kier molecular flexibility index (Phi) is 7.29. The first kappa shape index (κ1) is 20.7. The van der Waals surface area contributed by atoms with Gasteiger partial charge in [0.2, 0.25) is 0 Å². The molecular formula is C21H35NO5. The van der Waals surface area contributed by atoms with Crippen molar-refractivity contribution in [2.75, 3.05) is 20.2 Å². The largest absolute Gasteiger partial charge is 0.465 e. The van der Waals surface area contributed by atoms with Crippen molar-refractivity contribution < 1.29 is 23.8 Å². The number of rotatable bonds is 2. The lowest BCUT2D eigenvalue weighted by Gasteiger charge is -2.37. The molecule has 1 aliphatic carbocycles. The number of ketones is 1. The van der Waals surface area contributed by atoms with Gasteiger partial charge in [-0.15, -0.1) is 0 Å². The first-order chi connectivity index (χ1) is 12.9. The van der Waals surface area contributed by atoms with Gasteiger partial charge in [0, 0.05) is 31.8 Å². The molecule has 2 saturated heterocycles. The number of carbonyl (C=O) groups excluding carboxylic acids is 2. The Morgan fingerprint density at radius 3 is 2.74 bits per heavy atom. The Hall–Kier alpha value is -0.980. The molecule has 3 fully saturated rings. The highest BCUT2D eigenvalue weighted by Gasteiger charge is 2.42. The van der Waals surface area contributed by atoms with Crippen molar-refractivity contribution in [1.29, 1.82) is 0 Å². The van der Waals surface area contributed by atoms with Gasteiger partial charge in [-0.25, -0.2) is 0 Å². The summed E-state index contributed by atoms with van der Waals surface area (Å²) in [6.07, 6.45) is 5.89. The van der Waals surface area contributed by atoms with Gasteiger partial charge in [-0.05, 0) is 46.1 Å². The van der Waals surface area contributed by atoms with E-state index in [4.69, 9.17) is 14.2 Å². The lowest BCUT2D eigenvalue weighted by atomic mass is 9.77. The van der Waals surface area contributed by atoms with Crippen molar-refractivity contribution in [2.45, 2.75) is 89.8 Å². The predicted molar refractivity (Wildman–Crippen MR) is 101 cm³/mol. The number of hydrogen-bond acceptors (Lipinski definition) is 6. The Morgan fingerprint density at radius 1 is 1.11 bits per heavy atom. The lowest BCUT2D eigenvalue weighted by Crippen LogP contribution is -2.44. The van der Waals surface area contributed by atoms with Gasteiger partial charge >= 0.3 is 5.97 Å². The first-order valence-electron chi connectivity index (χ1n) is 10.6. The second kappa shape index (κ2) is 9.48. The van der Waals surface area contributed by atoms with E-state index in [9.17, 15) is 9.59 Å². The van der Waals surface area contributed by atoms with E-state index in [1.54, 1.807) is 0 Å². The fourth-order valence-corrected chi connectivity index (χ4v) is 4.72. The number of carbonyl (C=O) groups is 2. The molecular weight excluding hydrogens is 346 g/mol. The maximum absolute atomic E-state index is 12.6. The van der Waals surface area contributed by atoms with Crippen LogP contribution in [0.5, 0.6) is 0 Å². The third-order valence-electron chi connectivity index (χ3n) is 6.39. The van der Waals surface area contributed by atoms with E-state index in [1.807, 2.05) is 0 Å². The molecule has 2 aliphatic heterocycles. The summed E-state index contributed by atoms with van der Waals surface area (Å²) >= 11 is 0. The van der Waals surface area contributed by atoms with Crippen LogP contribution in [-0.2, 0) is 23.8 Å². The van der Waals surface area contributed by atoms with Gasteiger partial charge in [0.1, 0.15) is 5.78 Å². The van der Waals surface area contributed by atoms with Crippen LogP contribution >= 0.6 is 0 Å². The minimum Gasteiger partial charge on any atom is -0.465 e. The molecule has 6 atom stereocenters. The standard InChI is InChI=1S/C21H35NO5/c1-14-11-19(26-15(2)13-22(14)3)27-18-8-6-4-5-7-17(23)12-16-9-10-25-21(24)20(16)18/h14-16,18-20H,4-13H2,1-3H3/t14?,15-,16?,18?,19-,20?/m0/s1. The quantitative estimate of drug-likeness (QED) is 0.685. The Labute approximate surface area is 162 Å². The highest BCUT2D eigenvalue weighted by Crippen LogP contribution is 2.35. The molecule has 0 N–H and O–H groups in total. The monoisotopic (exact) mass is 381 g/mol. The Morgan fingerprint density at radius 2 is 1.93 bits per heavy atom. The summed E-state index contributed by atoms with van der Waals surface area (Å²) < 4.78 is 18.0. The van der Waals surface area contributed by atoms with Gasteiger partial charge in [-0.3, -0.25) is 9.59 Å². The predicted octanol–water partition coefficient (Wildman–Crippen LogP) is 2.93. The van der Waals surface area contributed by atoms with E-state index in [0.29, 0.717) is 25.5 Å². The summed E-state index contributed by atoms with van der Waals surface area (Å²) in [4.78, 5) is 27.2. The Bertz CT molecular complexity index is 525. The van der Waals surface area contributed by atoms with E-state index < -0.39 is 0 Å². The number of hydrogen-bond donors (Lipinski definition) is 0. The van der Waals surface area contributed by atoms with Crippen LogP contribution in [0, 0.1) is 11.8 Å². The molecule has 0 aromatic rings. The summed E-state index contributed by atoms with van der Waals surface area (Å²) in [5, 5.41) is 0. The molecule has 4 unspecified atom stereocenters. The minimum atomic E-state index is -0.351. The molecule has 0 bridgehead atoms. The summed E-state index contributed by atoms with van der Waals surface area (Å²) in [5.41, 5.74) is 0. The zero-order valence-electron chi connectivity index (χ0n) is 17.0. The van der Waals surface area contributed by atoms with E-state index in [0.717, 1.165) is 45.1 Å². The average Bonchev–Trinajstić information content (AvgIpc) is 2.71. The molecule has 1 saturated carbocycles. The van der Waals surface area contributed by atoms with Crippen LogP contribution in [0.3, 0.4) is 0 Å². The number of likely N-dealkylation sites (N-methyl/N-ethyl adjacent to an activating group) is 1. The van der Waals surface area contributed by atoms with Crippen LogP contribution in [0.25, 0.3) is 0 Å². The number of Topliss-reactive ketones (excluding diaryl/α,β-unsaturated/α-hetero) is 1. The maximum atomic E-state index is 12.6. The zero-order valence-corrected chi connectivity index (χ0v) is 17.0. The van der Waals surface area contributed by atoms with Crippen LogP contribution in [-0.4, -0.2) is 61.4 Å². The van der Waals surface area contributed by atoms with Crippen molar-refractivity contribution >= 4 is 11.8 Å². The highest BCUT2D eigenvalue weighted by molar-refractivity contribution is 5.80. The van der Waals surface area contributed by atoms with Crippen LogP contribution in [0.15, 0.2) is 0 Å². The van der Waals surface area contributed by atoms with Crippen molar-refractivity contribution in [3.8, 4) is 0 Å². The van der Waals surface area contributed by atoms with Gasteiger partial charge in [0.25, 0.3) is 0 Å². The second-order valence-corrected chi connectivity index (χ2v) is 8.66. The van der Waals surface area contributed by atoms with Gasteiger partial charge in [-0.2, -0.15) is 0 Å². The highest BCUT2D eigenvalue weighted by atomic mass is 16.7. The molecule has 154 valence electrons. The van der Waals surface area contributed by atoms with Crippen molar-refractivity contribution in [3.05, 3.63) is 0 Å². The SMILES string of the molecule is CC1C[C@H](OC2CCCCCC(=O)CC3CCOC(=O)C32)O[C@@H](C)CN1C. The third kappa shape index (κ3) is 5.52. The van der Waals surface area contributed by atoms with Gasteiger partial charge in [0.05, 0.1) is 24.7 Å². The molecule has 2 heterocycles. The van der Waals surface area contributed by atoms with E-state index in [2.05, 4.69) is 25.8 Å². The number of cyclic esters (lactones) is 1. The van der Waals surface area contributed by atoms with E-state index >= 15 is 0 Å². The topological polar surface area (TPSA) is 65.1 Å². The van der Waals surface area contributed by atoms with E-state index in [1.165, 1.54) is 0 Å². The second-order valence-electron chi connectivity index (χ2n) is 8.66. The zero-order chi connectivity index (χ0) is 19.4. The van der Waals surface area contributed by atoms with Crippen LogP contribution in [0.1, 0.15) is 65.2 Å². The fourth-order valence-electron chi connectivity index (χ4n) is 4.72. The van der Waals surface area contributed by atoms with Gasteiger partial charge in [0.15, 0.2) is 6.29 Å². The summed E-state index contributed by atoms with van der Waals surface area (Å²) in [7, 11) is 2.11. The number of esters is 1. The molecule has 0 aromatic carbocycles. The molecule has 0 radical (unpaired) electrons. The molecule has 0 amide bonds. The molecule has 6 nitrogen and oxygen atoms in total. The van der Waals surface area contributed by atoms with Crippen LogP contribution < -0.4 is 0 Å². The number of nitrogens with zero attached hydrogens (tertiary/aromatic N) is 1. The maximum Gasteiger partial charge on any atom is 0.311 e. The Balaban J connectivity index is 1.76. The third-order valence-corrected chi connectivity index (χ3v) is 6.39. The van der Waals surface area contributed by atoms with Gasteiger partial charge < -0.3 is 19.1 Å². The van der Waals surface area contributed by atoms with Crippen molar-refractivity contribution in [2.24, 2.45) is 11.8 Å². The van der Waals surface area contributed by atoms with Gasteiger partial charge in [-0.1, -0.05) is 12.8 Å². The number of fused-ring (bicyclic) bond motifs is 1. The summed E-state index contributed by atoms with van der Waals surface area (Å²) in [5.74, 6) is -0.243. The normalized spacial score (nSPS) is 40.0. The van der Waals surface area contributed by atoms with E-state index in [-0.39, 0.29) is 42.1 Å². The fraction of sp³-hybridized carbons (Fsp3) is 0.905. The van der Waals surface area contributed by atoms with Crippen LogP contribution in [0.2, 0.25) is 0 Å². The minimum absolute atomic E-state index is 0.0325. The summed E-state index contributed by atoms with van der Waals surface area (Å²) in [6.45, 7) is 5.53. The lowest BCUT2D eigenvalue weighted by molar-refractivity contribution is -0.213. The van der Waals surface area contributed by atoms with Crippen molar-refractivity contribution in [3.63, 3.8) is 0 Å². The van der Waals surface area contributed by atoms with Crippen molar-refractivity contribution in [1.82, 2.24) is 4.90 Å². The molecule has 3 aliphatic rings.